The number of nitrogens with zero attached hydrogens (tertiary/aromatic N) is 1. The van der Waals surface area contributed by atoms with Gasteiger partial charge < -0.3 is 5.32 Å². The lowest BCUT2D eigenvalue weighted by Gasteiger charge is -2.24. The van der Waals surface area contributed by atoms with Crippen molar-refractivity contribution in [3.63, 3.8) is 0 Å². The Morgan fingerprint density at radius 2 is 1.52 bits per heavy atom. The monoisotopic (exact) mass is 458 g/mol. The number of hydrogen-bond donors (Lipinski definition) is 1. The zero-order valence-corrected chi connectivity index (χ0v) is 18.4. The Morgan fingerprint density at radius 1 is 0.903 bits per heavy atom. The van der Waals surface area contributed by atoms with Crippen LogP contribution >= 0.6 is 11.8 Å². The van der Waals surface area contributed by atoms with E-state index in [1.54, 1.807) is 30.0 Å². The van der Waals surface area contributed by atoms with Gasteiger partial charge in [-0.25, -0.2) is 12.8 Å². The number of amides is 1. The fourth-order valence-corrected chi connectivity index (χ4v) is 5.19. The summed E-state index contributed by atoms with van der Waals surface area (Å²) in [4.78, 5) is 13.6. The van der Waals surface area contributed by atoms with Gasteiger partial charge in [-0.1, -0.05) is 48.5 Å². The molecule has 3 aromatic carbocycles. The van der Waals surface area contributed by atoms with Gasteiger partial charge in [0.15, 0.2) is 0 Å². The molecule has 3 rings (SSSR count). The van der Waals surface area contributed by atoms with Gasteiger partial charge in [0, 0.05) is 11.4 Å². The van der Waals surface area contributed by atoms with Gasteiger partial charge in [-0.05, 0) is 48.6 Å². The van der Waals surface area contributed by atoms with Crippen molar-refractivity contribution in [2.24, 2.45) is 0 Å². The molecular weight excluding hydrogens is 435 g/mol. The van der Waals surface area contributed by atoms with Gasteiger partial charge in [0.2, 0.25) is 5.91 Å². The molecule has 31 heavy (non-hydrogen) atoms. The van der Waals surface area contributed by atoms with E-state index in [4.69, 9.17) is 0 Å². The van der Waals surface area contributed by atoms with Crippen LogP contribution in [0.4, 0.5) is 10.1 Å². The van der Waals surface area contributed by atoms with Gasteiger partial charge >= 0.3 is 0 Å². The number of sulfonamides is 1. The van der Waals surface area contributed by atoms with Crippen molar-refractivity contribution in [1.82, 2.24) is 5.32 Å². The molecule has 0 heterocycles. The largest absolute Gasteiger partial charge is 0.354 e. The molecule has 5 nitrogen and oxygen atoms in total. The number of hydrogen-bond acceptors (Lipinski definition) is 4. The Bertz CT molecular complexity index is 1090. The second-order valence-electron chi connectivity index (χ2n) is 6.64. The quantitative estimate of drug-likeness (QED) is 0.363. The highest BCUT2D eigenvalue weighted by Crippen LogP contribution is 2.26. The van der Waals surface area contributed by atoms with Crippen LogP contribution in [0, 0.1) is 5.82 Å². The first-order chi connectivity index (χ1) is 15.0. The second kappa shape index (κ2) is 11.0. The van der Waals surface area contributed by atoms with Gasteiger partial charge in [-0.15, -0.1) is 11.8 Å². The summed E-state index contributed by atoms with van der Waals surface area (Å²) in [6.45, 7) is -0.112. The molecule has 0 unspecified atom stereocenters. The maximum absolute atomic E-state index is 14.4. The number of carbonyl (C=O) groups excluding carboxylic acids is 1. The maximum atomic E-state index is 14.4. The molecule has 0 bridgehead atoms. The lowest BCUT2D eigenvalue weighted by Crippen LogP contribution is -2.41. The maximum Gasteiger partial charge on any atom is 0.264 e. The van der Waals surface area contributed by atoms with E-state index in [0.29, 0.717) is 6.54 Å². The minimum absolute atomic E-state index is 0.00897. The SMILES string of the molecule is O=C(CN(c1ccccc1F)S(=O)(=O)c1ccccc1)NCCCSc1ccccc1. The van der Waals surface area contributed by atoms with Crippen LogP contribution in [0.3, 0.4) is 0 Å². The van der Waals surface area contributed by atoms with Crippen molar-refractivity contribution in [3.8, 4) is 0 Å². The third-order valence-electron chi connectivity index (χ3n) is 4.39. The molecule has 0 fully saturated rings. The van der Waals surface area contributed by atoms with Crippen molar-refractivity contribution in [2.45, 2.75) is 16.2 Å². The predicted molar refractivity (Wildman–Crippen MR) is 122 cm³/mol. The molecule has 1 N–H and O–H groups in total. The smallest absolute Gasteiger partial charge is 0.264 e. The number of rotatable bonds is 10. The van der Waals surface area contributed by atoms with Crippen molar-refractivity contribution >= 4 is 33.4 Å². The zero-order chi connectivity index (χ0) is 22.1. The van der Waals surface area contributed by atoms with Crippen molar-refractivity contribution in [3.05, 3.63) is 90.7 Å². The van der Waals surface area contributed by atoms with Crippen LogP contribution in [-0.4, -0.2) is 33.2 Å². The zero-order valence-electron chi connectivity index (χ0n) is 16.8. The lowest BCUT2D eigenvalue weighted by atomic mass is 10.3. The molecule has 0 atom stereocenters. The fourth-order valence-electron chi connectivity index (χ4n) is 2.87. The minimum Gasteiger partial charge on any atom is -0.354 e. The number of carbonyl (C=O) groups is 1. The fraction of sp³-hybridized carbons (Fsp3) is 0.174. The van der Waals surface area contributed by atoms with Crippen LogP contribution in [0.5, 0.6) is 0 Å². The Morgan fingerprint density at radius 3 is 2.19 bits per heavy atom. The lowest BCUT2D eigenvalue weighted by molar-refractivity contribution is -0.119. The first-order valence-electron chi connectivity index (χ1n) is 9.75. The molecule has 3 aromatic rings. The van der Waals surface area contributed by atoms with Gasteiger partial charge in [-0.3, -0.25) is 9.10 Å². The number of benzene rings is 3. The first-order valence-corrected chi connectivity index (χ1v) is 12.2. The molecular formula is C23H23FN2O3S2. The van der Waals surface area contributed by atoms with Gasteiger partial charge in [0.05, 0.1) is 10.6 Å². The van der Waals surface area contributed by atoms with E-state index in [0.717, 1.165) is 21.4 Å². The van der Waals surface area contributed by atoms with Crippen LogP contribution in [0.2, 0.25) is 0 Å². The molecule has 8 heteroatoms. The van der Waals surface area contributed by atoms with Crippen LogP contribution in [0.15, 0.2) is 94.7 Å². The summed E-state index contributed by atoms with van der Waals surface area (Å²) in [6, 6.07) is 23.1. The highest BCUT2D eigenvalue weighted by atomic mass is 32.2. The third kappa shape index (κ3) is 6.32. The van der Waals surface area contributed by atoms with E-state index in [1.807, 2.05) is 30.3 Å². The molecule has 0 saturated carbocycles. The summed E-state index contributed by atoms with van der Waals surface area (Å²) in [5.74, 6) is -0.398. The van der Waals surface area contributed by atoms with Crippen molar-refractivity contribution < 1.29 is 17.6 Å². The highest BCUT2D eigenvalue weighted by Gasteiger charge is 2.28. The van der Waals surface area contributed by atoms with E-state index >= 15 is 0 Å². The van der Waals surface area contributed by atoms with E-state index < -0.39 is 28.3 Å². The first kappa shape index (κ1) is 22.8. The van der Waals surface area contributed by atoms with Crippen LogP contribution in [0.1, 0.15) is 6.42 Å². The van der Waals surface area contributed by atoms with Crippen molar-refractivity contribution in [2.75, 3.05) is 23.1 Å². The summed E-state index contributed by atoms with van der Waals surface area (Å²) < 4.78 is 41.5. The minimum atomic E-state index is -4.11. The number of nitrogens with one attached hydrogen (secondary N) is 1. The highest BCUT2D eigenvalue weighted by molar-refractivity contribution is 7.99. The standard InChI is InChI=1S/C23H23FN2O3S2/c24-21-14-7-8-15-22(21)26(31(28,29)20-12-5-2-6-13-20)18-23(27)25-16-9-17-30-19-10-3-1-4-11-19/h1-8,10-15H,9,16-18H2,(H,25,27). The number of anilines is 1. The Labute approximate surface area is 186 Å². The van der Waals surface area contributed by atoms with Crippen molar-refractivity contribution in [1.29, 1.82) is 0 Å². The molecule has 0 aliphatic heterocycles. The molecule has 0 aliphatic carbocycles. The number of halogens is 1. The predicted octanol–water partition coefficient (Wildman–Crippen LogP) is 4.32. The average Bonchev–Trinajstić information content (AvgIpc) is 2.79. The molecule has 0 radical (unpaired) electrons. The Balaban J connectivity index is 1.65. The Kier molecular flexibility index (Phi) is 8.08. The number of para-hydroxylation sites is 1. The summed E-state index contributed by atoms with van der Waals surface area (Å²) in [6.07, 6.45) is 0.719. The van der Waals surface area contributed by atoms with Gasteiger partial charge in [0.25, 0.3) is 10.0 Å². The van der Waals surface area contributed by atoms with Gasteiger partial charge in [0.1, 0.15) is 12.4 Å². The summed E-state index contributed by atoms with van der Waals surface area (Å²) >= 11 is 1.68. The normalized spacial score (nSPS) is 11.1. The van der Waals surface area contributed by atoms with Crippen LogP contribution < -0.4 is 9.62 Å². The molecule has 0 aliphatic rings. The molecule has 0 saturated heterocycles. The molecule has 162 valence electrons. The molecule has 0 aromatic heterocycles. The van der Waals surface area contributed by atoms with E-state index in [2.05, 4.69) is 5.32 Å². The van der Waals surface area contributed by atoms with Crippen LogP contribution in [0.25, 0.3) is 0 Å². The van der Waals surface area contributed by atoms with E-state index in [1.165, 1.54) is 36.4 Å². The third-order valence-corrected chi connectivity index (χ3v) is 7.27. The van der Waals surface area contributed by atoms with Crippen LogP contribution in [-0.2, 0) is 14.8 Å². The Hall–Kier alpha value is -2.84. The van der Waals surface area contributed by atoms with E-state index in [9.17, 15) is 17.6 Å². The summed E-state index contributed by atoms with van der Waals surface area (Å²) in [5, 5.41) is 2.73. The summed E-state index contributed by atoms with van der Waals surface area (Å²) in [5.41, 5.74) is -0.166. The average molecular weight is 459 g/mol. The molecule has 1 amide bonds. The van der Waals surface area contributed by atoms with Gasteiger partial charge in [-0.2, -0.15) is 0 Å². The summed E-state index contributed by atoms with van der Waals surface area (Å²) in [7, 11) is -4.11. The topological polar surface area (TPSA) is 66.5 Å². The number of thioether (sulfide) groups is 1. The second-order valence-corrected chi connectivity index (χ2v) is 9.67. The molecule has 0 spiro atoms. The van der Waals surface area contributed by atoms with E-state index in [-0.39, 0.29) is 10.6 Å².